The van der Waals surface area contributed by atoms with E-state index in [1.807, 2.05) is 27.7 Å². The van der Waals surface area contributed by atoms with Crippen molar-refractivity contribution in [1.82, 2.24) is 0 Å². The van der Waals surface area contributed by atoms with Crippen molar-refractivity contribution < 1.29 is 18.4 Å². The zero-order valence-corrected chi connectivity index (χ0v) is 13.8. The molecule has 0 rings (SSSR count). The maximum Gasteiger partial charge on any atom is 0.464 e. The van der Waals surface area contributed by atoms with Gasteiger partial charge in [0.05, 0.1) is 0 Å². The highest BCUT2D eigenvalue weighted by Gasteiger charge is 2.43. The zero-order valence-electron chi connectivity index (χ0n) is 12.8. The van der Waals surface area contributed by atoms with Crippen molar-refractivity contribution >= 4 is 20.5 Å². The van der Waals surface area contributed by atoms with E-state index in [4.69, 9.17) is 8.85 Å². The fraction of sp³-hybridized carbons (Fsp3) is 0.857. The van der Waals surface area contributed by atoms with Crippen LogP contribution in [0.25, 0.3) is 0 Å². The highest BCUT2D eigenvalue weighted by molar-refractivity contribution is 6.70. The molecule has 0 atom stereocenters. The SMILES string of the molecule is CCCC(=O)O[Si](CCC)(CCC)OC(=O)CCC. The van der Waals surface area contributed by atoms with Crippen LogP contribution in [-0.2, 0) is 18.4 Å². The van der Waals surface area contributed by atoms with Gasteiger partial charge < -0.3 is 8.85 Å². The lowest BCUT2D eigenvalue weighted by Gasteiger charge is -2.29. The van der Waals surface area contributed by atoms with Crippen molar-refractivity contribution in [3.8, 4) is 0 Å². The smallest absolute Gasteiger partial charge is 0.464 e. The van der Waals surface area contributed by atoms with Gasteiger partial charge in [-0.25, -0.2) is 0 Å². The minimum Gasteiger partial charge on any atom is -0.485 e. The van der Waals surface area contributed by atoms with E-state index in [0.717, 1.165) is 25.7 Å². The number of carbonyl (C=O) groups is 2. The van der Waals surface area contributed by atoms with E-state index in [1.165, 1.54) is 0 Å². The second-order valence-corrected chi connectivity index (χ2v) is 8.09. The van der Waals surface area contributed by atoms with Gasteiger partial charge in [0.1, 0.15) is 0 Å². The molecule has 19 heavy (non-hydrogen) atoms. The third-order valence-electron chi connectivity index (χ3n) is 2.77. The van der Waals surface area contributed by atoms with Crippen molar-refractivity contribution in [3.05, 3.63) is 0 Å². The molecule has 0 N–H and O–H groups in total. The van der Waals surface area contributed by atoms with Crippen LogP contribution in [0.5, 0.6) is 0 Å². The first kappa shape index (κ1) is 18.2. The molecule has 0 aliphatic heterocycles. The molecule has 0 saturated carbocycles. The van der Waals surface area contributed by atoms with Crippen LogP contribution in [0.2, 0.25) is 12.1 Å². The molecule has 4 nitrogen and oxygen atoms in total. The molecular weight excluding hydrogens is 260 g/mol. The molecule has 0 heterocycles. The molecule has 0 fully saturated rings. The Labute approximate surface area is 118 Å². The molecule has 0 aliphatic rings. The van der Waals surface area contributed by atoms with Crippen LogP contribution in [0.1, 0.15) is 66.2 Å². The molecule has 0 spiro atoms. The average Bonchev–Trinajstić information content (AvgIpc) is 2.29. The first-order chi connectivity index (χ1) is 9.03. The van der Waals surface area contributed by atoms with E-state index < -0.39 is 8.56 Å². The van der Waals surface area contributed by atoms with E-state index in [9.17, 15) is 9.59 Å². The Kier molecular flexibility index (Phi) is 9.56. The minimum absolute atomic E-state index is 0.222. The Morgan fingerprint density at radius 1 is 0.737 bits per heavy atom. The number of hydrogen-bond acceptors (Lipinski definition) is 4. The standard InChI is InChI=1S/C14H28O4Si/c1-5-9-13(15)17-19(11-7-3,12-8-4)18-14(16)10-6-2/h5-12H2,1-4H3. The lowest BCUT2D eigenvalue weighted by molar-refractivity contribution is -0.141. The summed E-state index contributed by atoms with van der Waals surface area (Å²) in [6, 6.07) is 1.40. The topological polar surface area (TPSA) is 52.6 Å². The van der Waals surface area contributed by atoms with E-state index in [2.05, 4.69) is 0 Å². The first-order valence-corrected chi connectivity index (χ1v) is 9.70. The molecule has 0 radical (unpaired) electrons. The fourth-order valence-electron chi connectivity index (χ4n) is 2.04. The molecule has 0 aromatic rings. The van der Waals surface area contributed by atoms with E-state index >= 15 is 0 Å². The molecule has 0 aliphatic carbocycles. The Balaban J connectivity index is 4.83. The van der Waals surface area contributed by atoms with E-state index in [1.54, 1.807) is 0 Å². The summed E-state index contributed by atoms with van der Waals surface area (Å²) < 4.78 is 11.3. The Morgan fingerprint density at radius 3 is 1.37 bits per heavy atom. The predicted molar refractivity (Wildman–Crippen MR) is 78.0 cm³/mol. The third-order valence-corrected chi connectivity index (χ3v) is 6.49. The lowest BCUT2D eigenvalue weighted by Crippen LogP contribution is -2.45. The largest absolute Gasteiger partial charge is 0.485 e. The molecular formula is C14H28O4Si. The summed E-state index contributed by atoms with van der Waals surface area (Å²) in [4.78, 5) is 23.5. The maximum absolute atomic E-state index is 11.8. The van der Waals surface area contributed by atoms with Crippen molar-refractivity contribution in [1.29, 1.82) is 0 Å². The summed E-state index contributed by atoms with van der Waals surface area (Å²) >= 11 is 0. The van der Waals surface area contributed by atoms with Gasteiger partial charge in [0.15, 0.2) is 0 Å². The summed E-state index contributed by atoms with van der Waals surface area (Å²) in [6.07, 6.45) is 4.03. The van der Waals surface area contributed by atoms with Crippen LogP contribution >= 0.6 is 0 Å². The quantitative estimate of drug-likeness (QED) is 0.571. The summed E-state index contributed by atoms with van der Waals surface area (Å²) in [5, 5.41) is 0. The predicted octanol–water partition coefficient (Wildman–Crippen LogP) is 3.94. The second-order valence-electron chi connectivity index (χ2n) is 4.86. The average molecular weight is 288 g/mol. The normalized spacial score (nSPS) is 11.2. The maximum atomic E-state index is 11.8. The van der Waals surface area contributed by atoms with Gasteiger partial charge in [-0.15, -0.1) is 0 Å². The molecule has 112 valence electrons. The van der Waals surface area contributed by atoms with Gasteiger partial charge >= 0.3 is 8.56 Å². The van der Waals surface area contributed by atoms with Gasteiger partial charge in [-0.05, 0) is 12.8 Å². The highest BCUT2D eigenvalue weighted by atomic mass is 28.4. The Morgan fingerprint density at radius 2 is 1.11 bits per heavy atom. The van der Waals surface area contributed by atoms with Crippen LogP contribution in [0, 0.1) is 0 Å². The summed E-state index contributed by atoms with van der Waals surface area (Å²) in [5.41, 5.74) is 0. The third kappa shape index (κ3) is 7.35. The molecule has 5 heteroatoms. The second kappa shape index (κ2) is 10.0. The molecule has 0 bridgehead atoms. The van der Waals surface area contributed by atoms with Gasteiger partial charge in [-0.2, -0.15) is 0 Å². The summed E-state index contributed by atoms with van der Waals surface area (Å²) in [5.74, 6) is -0.444. The van der Waals surface area contributed by atoms with Gasteiger partial charge in [0, 0.05) is 24.9 Å². The monoisotopic (exact) mass is 288 g/mol. The van der Waals surface area contributed by atoms with Gasteiger partial charge in [0.25, 0.3) is 11.9 Å². The van der Waals surface area contributed by atoms with Crippen LogP contribution in [0.3, 0.4) is 0 Å². The summed E-state index contributed by atoms with van der Waals surface area (Å²) in [6.45, 7) is 7.93. The van der Waals surface area contributed by atoms with E-state index in [-0.39, 0.29) is 11.9 Å². The van der Waals surface area contributed by atoms with Crippen LogP contribution in [0.4, 0.5) is 0 Å². The molecule has 0 unspecified atom stereocenters. The van der Waals surface area contributed by atoms with Gasteiger partial charge in [-0.3, -0.25) is 9.59 Å². The van der Waals surface area contributed by atoms with Gasteiger partial charge in [0.2, 0.25) is 0 Å². The summed E-state index contributed by atoms with van der Waals surface area (Å²) in [7, 11) is -2.70. The van der Waals surface area contributed by atoms with Crippen LogP contribution in [-0.4, -0.2) is 20.5 Å². The molecule has 0 saturated heterocycles. The van der Waals surface area contributed by atoms with E-state index in [0.29, 0.717) is 24.9 Å². The Hall–Kier alpha value is -0.843. The lowest BCUT2D eigenvalue weighted by atomic mass is 10.3. The zero-order chi connectivity index (χ0) is 14.7. The minimum atomic E-state index is -2.70. The van der Waals surface area contributed by atoms with Crippen molar-refractivity contribution in [3.63, 3.8) is 0 Å². The molecule has 0 amide bonds. The molecule has 0 aromatic carbocycles. The number of carbonyl (C=O) groups excluding carboxylic acids is 2. The Bertz CT molecular complexity index is 251. The fourth-order valence-corrected chi connectivity index (χ4v) is 5.29. The number of rotatable bonds is 10. The van der Waals surface area contributed by atoms with Crippen LogP contribution < -0.4 is 0 Å². The first-order valence-electron chi connectivity index (χ1n) is 7.47. The van der Waals surface area contributed by atoms with Crippen molar-refractivity contribution in [2.24, 2.45) is 0 Å². The highest BCUT2D eigenvalue weighted by Crippen LogP contribution is 2.24. The van der Waals surface area contributed by atoms with Gasteiger partial charge in [-0.1, -0.05) is 40.5 Å². The number of hydrogen-bond donors (Lipinski definition) is 0. The van der Waals surface area contributed by atoms with Crippen molar-refractivity contribution in [2.75, 3.05) is 0 Å². The molecule has 0 aromatic heterocycles. The van der Waals surface area contributed by atoms with Crippen molar-refractivity contribution in [2.45, 2.75) is 78.3 Å². The van der Waals surface area contributed by atoms with Crippen LogP contribution in [0.15, 0.2) is 0 Å².